The van der Waals surface area contributed by atoms with Crippen molar-refractivity contribution in [3.63, 3.8) is 0 Å². The zero-order valence-electron chi connectivity index (χ0n) is 8.48. The van der Waals surface area contributed by atoms with E-state index in [1.165, 1.54) is 12.4 Å². The van der Waals surface area contributed by atoms with Crippen LogP contribution in [-0.2, 0) is 4.74 Å². The molecule has 1 atom stereocenters. The first kappa shape index (κ1) is 12.2. The molecule has 0 radical (unpaired) electrons. The summed E-state index contributed by atoms with van der Waals surface area (Å²) in [5.74, 6) is 0.504. The maximum atomic E-state index is 9.34. The molecule has 0 spiro atoms. The van der Waals surface area contributed by atoms with Gasteiger partial charge in [-0.25, -0.2) is 9.97 Å². The van der Waals surface area contributed by atoms with E-state index in [9.17, 15) is 5.11 Å². The molecule has 1 aromatic rings. The van der Waals surface area contributed by atoms with Gasteiger partial charge in [0.25, 0.3) is 0 Å². The Kier molecular flexibility index (Phi) is 5.31. The maximum absolute atomic E-state index is 9.34. The molecule has 0 bridgehead atoms. The topological polar surface area (TPSA) is 67.3 Å². The number of nitrogens with zero attached hydrogens (tertiary/aromatic N) is 2. The van der Waals surface area contributed by atoms with E-state index < -0.39 is 6.10 Å². The van der Waals surface area contributed by atoms with Gasteiger partial charge in [0.2, 0.25) is 5.95 Å². The fourth-order valence-corrected chi connectivity index (χ4v) is 1.13. The largest absolute Gasteiger partial charge is 0.391 e. The van der Waals surface area contributed by atoms with E-state index in [1.807, 2.05) is 0 Å². The van der Waals surface area contributed by atoms with Crippen LogP contribution in [0.3, 0.4) is 0 Å². The molecule has 1 aromatic heterocycles. The number of rotatable bonds is 6. The summed E-state index contributed by atoms with van der Waals surface area (Å²) in [7, 11) is 1.55. The third-order valence-corrected chi connectivity index (χ3v) is 1.94. The third kappa shape index (κ3) is 4.92. The van der Waals surface area contributed by atoms with E-state index in [2.05, 4.69) is 15.3 Å². The zero-order chi connectivity index (χ0) is 11.1. The van der Waals surface area contributed by atoms with Crippen LogP contribution >= 0.6 is 11.6 Å². The van der Waals surface area contributed by atoms with Crippen molar-refractivity contribution in [3.05, 3.63) is 17.4 Å². The van der Waals surface area contributed by atoms with Gasteiger partial charge in [-0.15, -0.1) is 0 Å². The number of halogens is 1. The number of aromatic nitrogens is 2. The average Bonchev–Trinajstić information content (AvgIpc) is 2.21. The Hall–Kier alpha value is -0.910. The van der Waals surface area contributed by atoms with Crippen molar-refractivity contribution < 1.29 is 9.84 Å². The summed E-state index contributed by atoms with van der Waals surface area (Å²) in [6.45, 7) is 0.926. The lowest BCUT2D eigenvalue weighted by atomic mass is 10.3. The van der Waals surface area contributed by atoms with Crippen LogP contribution in [0.1, 0.15) is 6.42 Å². The molecule has 0 saturated heterocycles. The number of hydrogen-bond donors (Lipinski definition) is 2. The lowest BCUT2D eigenvalue weighted by Gasteiger charge is -2.09. The van der Waals surface area contributed by atoms with Gasteiger partial charge in [-0.1, -0.05) is 11.6 Å². The minimum Gasteiger partial charge on any atom is -0.391 e. The molecule has 0 fully saturated rings. The highest BCUT2D eigenvalue weighted by Gasteiger charge is 2.03. The molecule has 84 valence electrons. The van der Waals surface area contributed by atoms with Gasteiger partial charge in [-0.3, -0.25) is 0 Å². The minimum absolute atomic E-state index is 0.336. The van der Waals surface area contributed by atoms with Crippen LogP contribution in [0.5, 0.6) is 0 Å². The number of aliphatic hydroxyl groups is 1. The Morgan fingerprint density at radius 2 is 2.20 bits per heavy atom. The Bertz CT molecular complexity index is 281. The minimum atomic E-state index is -0.463. The first-order valence-corrected chi connectivity index (χ1v) is 4.98. The van der Waals surface area contributed by atoms with Crippen molar-refractivity contribution in [3.8, 4) is 0 Å². The van der Waals surface area contributed by atoms with Crippen LogP contribution in [0.25, 0.3) is 0 Å². The summed E-state index contributed by atoms with van der Waals surface area (Å²) in [5.41, 5.74) is 0. The van der Waals surface area contributed by atoms with Gasteiger partial charge in [0.1, 0.15) is 0 Å². The molecule has 0 saturated carbocycles. The molecule has 2 N–H and O–H groups in total. The highest BCUT2D eigenvalue weighted by atomic mass is 35.5. The highest BCUT2D eigenvalue weighted by Crippen LogP contribution is 2.05. The van der Waals surface area contributed by atoms with Gasteiger partial charge in [-0.2, -0.15) is 0 Å². The normalized spacial score (nSPS) is 12.5. The Labute approximate surface area is 93.5 Å². The third-order valence-electron chi connectivity index (χ3n) is 1.74. The van der Waals surface area contributed by atoms with Gasteiger partial charge in [0, 0.05) is 13.7 Å². The van der Waals surface area contributed by atoms with E-state index >= 15 is 0 Å². The predicted octanol–water partition coefficient (Wildman–Crippen LogP) is 0.939. The maximum Gasteiger partial charge on any atom is 0.222 e. The number of ether oxygens (including phenoxy) is 1. The zero-order valence-corrected chi connectivity index (χ0v) is 9.24. The highest BCUT2D eigenvalue weighted by molar-refractivity contribution is 6.30. The lowest BCUT2D eigenvalue weighted by Crippen LogP contribution is -2.18. The molecule has 0 aliphatic heterocycles. The summed E-state index contributed by atoms with van der Waals surface area (Å²) in [6.07, 6.45) is 3.15. The monoisotopic (exact) mass is 231 g/mol. The molecule has 5 nitrogen and oxygen atoms in total. The molecule has 15 heavy (non-hydrogen) atoms. The van der Waals surface area contributed by atoms with Gasteiger partial charge in [0.05, 0.1) is 30.1 Å². The molecule has 0 aliphatic rings. The van der Waals surface area contributed by atoms with Crippen molar-refractivity contribution in [1.29, 1.82) is 0 Å². The van der Waals surface area contributed by atoms with Crippen molar-refractivity contribution in [2.75, 3.05) is 25.6 Å². The second-order valence-corrected chi connectivity index (χ2v) is 3.49. The molecule has 0 aliphatic carbocycles. The van der Waals surface area contributed by atoms with Crippen molar-refractivity contribution >= 4 is 17.5 Å². The summed E-state index contributed by atoms with van der Waals surface area (Å²) in [4.78, 5) is 7.91. The van der Waals surface area contributed by atoms with E-state index in [-0.39, 0.29) is 0 Å². The van der Waals surface area contributed by atoms with Gasteiger partial charge >= 0.3 is 0 Å². The molecule has 1 rings (SSSR count). The SMILES string of the molecule is COCC(O)CCNc1ncc(Cl)cn1. The number of anilines is 1. The first-order valence-electron chi connectivity index (χ1n) is 4.61. The van der Waals surface area contributed by atoms with Crippen molar-refractivity contribution in [1.82, 2.24) is 9.97 Å². The fourth-order valence-electron chi connectivity index (χ4n) is 1.03. The Morgan fingerprint density at radius 1 is 1.53 bits per heavy atom. The van der Waals surface area contributed by atoms with Crippen LogP contribution in [0.4, 0.5) is 5.95 Å². The second kappa shape index (κ2) is 6.55. The molecular formula is C9H14ClN3O2. The van der Waals surface area contributed by atoms with Crippen LogP contribution in [0.2, 0.25) is 5.02 Å². The average molecular weight is 232 g/mol. The Morgan fingerprint density at radius 3 is 2.80 bits per heavy atom. The standard InChI is InChI=1S/C9H14ClN3O2/c1-15-6-8(14)2-3-11-9-12-4-7(10)5-13-9/h4-5,8,14H,2-3,6H2,1H3,(H,11,12,13). The van der Waals surface area contributed by atoms with Crippen LogP contribution in [0, 0.1) is 0 Å². The van der Waals surface area contributed by atoms with E-state index in [1.54, 1.807) is 7.11 Å². The number of hydrogen-bond acceptors (Lipinski definition) is 5. The van der Waals surface area contributed by atoms with Crippen molar-refractivity contribution in [2.24, 2.45) is 0 Å². The number of aliphatic hydroxyl groups excluding tert-OH is 1. The summed E-state index contributed by atoms with van der Waals surface area (Å²) < 4.78 is 4.80. The van der Waals surface area contributed by atoms with Gasteiger partial charge in [0.15, 0.2) is 0 Å². The molecule has 1 unspecified atom stereocenters. The molecule has 1 heterocycles. The smallest absolute Gasteiger partial charge is 0.222 e. The number of methoxy groups -OCH3 is 1. The Balaban J connectivity index is 2.22. The predicted molar refractivity (Wildman–Crippen MR) is 58.0 cm³/mol. The van der Waals surface area contributed by atoms with Crippen molar-refractivity contribution in [2.45, 2.75) is 12.5 Å². The lowest BCUT2D eigenvalue weighted by molar-refractivity contribution is 0.0615. The molecule has 0 aromatic carbocycles. The van der Waals surface area contributed by atoms with E-state index in [0.29, 0.717) is 30.5 Å². The summed E-state index contributed by atoms with van der Waals surface area (Å²) >= 11 is 5.63. The van der Waals surface area contributed by atoms with Crippen LogP contribution < -0.4 is 5.32 Å². The molecular weight excluding hydrogens is 218 g/mol. The molecule has 6 heteroatoms. The quantitative estimate of drug-likeness (QED) is 0.763. The second-order valence-electron chi connectivity index (χ2n) is 3.05. The fraction of sp³-hybridized carbons (Fsp3) is 0.556. The number of nitrogens with one attached hydrogen (secondary N) is 1. The van der Waals surface area contributed by atoms with Crippen LogP contribution in [-0.4, -0.2) is 41.4 Å². The summed E-state index contributed by atoms with van der Waals surface area (Å²) in [5, 5.41) is 12.8. The van der Waals surface area contributed by atoms with E-state index in [4.69, 9.17) is 16.3 Å². The van der Waals surface area contributed by atoms with Gasteiger partial charge in [-0.05, 0) is 6.42 Å². The first-order chi connectivity index (χ1) is 7.22. The van der Waals surface area contributed by atoms with Crippen LogP contribution in [0.15, 0.2) is 12.4 Å². The van der Waals surface area contributed by atoms with Gasteiger partial charge < -0.3 is 15.2 Å². The summed E-state index contributed by atoms with van der Waals surface area (Å²) in [6, 6.07) is 0. The molecule has 0 amide bonds. The van der Waals surface area contributed by atoms with E-state index in [0.717, 1.165) is 0 Å².